The third-order valence-electron chi connectivity index (χ3n) is 5.59. The first-order valence-electron chi connectivity index (χ1n) is 9.41. The van der Waals surface area contributed by atoms with Crippen LogP contribution in [-0.2, 0) is 19.1 Å². The van der Waals surface area contributed by atoms with Crippen molar-refractivity contribution < 1.29 is 44.6 Å². The van der Waals surface area contributed by atoms with E-state index in [9.17, 15) is 35.1 Å². The van der Waals surface area contributed by atoms with Crippen molar-refractivity contribution in [1.29, 1.82) is 0 Å². The molecule has 0 spiro atoms. The lowest BCUT2D eigenvalue weighted by molar-refractivity contribution is -0.310. The lowest BCUT2D eigenvalue weighted by atomic mass is 9.66. The van der Waals surface area contributed by atoms with Gasteiger partial charge in [-0.15, -0.1) is 0 Å². The van der Waals surface area contributed by atoms with Crippen LogP contribution >= 0.6 is 0 Å². The number of hydrogen-bond donors (Lipinski definition) is 5. The number of ketones is 1. The molecule has 7 unspecified atom stereocenters. The van der Waals surface area contributed by atoms with E-state index in [1.165, 1.54) is 6.08 Å². The molecule has 2 rings (SSSR count). The third kappa shape index (κ3) is 4.97. The van der Waals surface area contributed by atoms with E-state index in [4.69, 9.17) is 9.47 Å². The molecule has 1 saturated heterocycles. The summed E-state index contributed by atoms with van der Waals surface area (Å²) in [5, 5.41) is 48.4. The fraction of sp³-hybridized carbons (Fsp3) is 0.789. The maximum atomic E-state index is 11.8. The lowest BCUT2D eigenvalue weighted by Gasteiger charge is -2.41. The average molecular weight is 402 g/mol. The number of carbonyl (C=O) groups is 2. The minimum absolute atomic E-state index is 0.0845. The van der Waals surface area contributed by atoms with E-state index in [2.05, 4.69) is 0 Å². The van der Waals surface area contributed by atoms with Crippen LogP contribution in [-0.4, -0.2) is 80.7 Å². The molecule has 0 radical (unpaired) electrons. The van der Waals surface area contributed by atoms with Gasteiger partial charge in [0.1, 0.15) is 24.4 Å². The first-order valence-corrected chi connectivity index (χ1v) is 9.41. The number of allylic oxidation sites excluding steroid dienone is 1. The zero-order valence-electron chi connectivity index (χ0n) is 16.3. The Balaban J connectivity index is 2.01. The predicted molar refractivity (Wildman–Crippen MR) is 96.2 cm³/mol. The quantitative estimate of drug-likeness (QED) is 0.382. The van der Waals surface area contributed by atoms with Gasteiger partial charge < -0.3 is 35.0 Å². The molecular formula is C19H30O9. The largest absolute Gasteiger partial charge is 0.478 e. The molecule has 5 N–H and O–H groups in total. The van der Waals surface area contributed by atoms with Crippen LogP contribution in [0.15, 0.2) is 11.6 Å². The maximum Gasteiger partial charge on any atom is 0.331 e. The molecule has 0 aromatic heterocycles. The monoisotopic (exact) mass is 402 g/mol. The van der Waals surface area contributed by atoms with Crippen molar-refractivity contribution in [3.8, 4) is 0 Å². The maximum absolute atomic E-state index is 11.8. The van der Waals surface area contributed by atoms with Crippen LogP contribution in [0, 0.1) is 11.3 Å². The van der Waals surface area contributed by atoms with Crippen molar-refractivity contribution in [2.75, 3.05) is 6.61 Å². The molecule has 0 saturated carbocycles. The average Bonchev–Trinajstić information content (AvgIpc) is 2.59. The fourth-order valence-electron chi connectivity index (χ4n) is 3.95. The fourth-order valence-corrected chi connectivity index (χ4v) is 3.95. The zero-order chi connectivity index (χ0) is 21.2. The molecule has 28 heavy (non-hydrogen) atoms. The highest BCUT2D eigenvalue weighted by molar-refractivity contribution is 6.01. The van der Waals surface area contributed by atoms with Gasteiger partial charge >= 0.3 is 5.97 Å². The van der Waals surface area contributed by atoms with Crippen LogP contribution in [0.25, 0.3) is 0 Å². The molecule has 0 aromatic carbocycles. The predicted octanol–water partition coefficient (Wildman–Crippen LogP) is -0.402. The number of rotatable bonds is 7. The Bertz CT molecular complexity index is 613. The van der Waals surface area contributed by atoms with Gasteiger partial charge in [0.05, 0.1) is 12.7 Å². The number of carbonyl (C=O) groups excluding carboxylic acids is 1. The van der Waals surface area contributed by atoms with Crippen LogP contribution in [0.2, 0.25) is 0 Å². The molecule has 0 aromatic rings. The second kappa shape index (κ2) is 8.98. The Morgan fingerprint density at radius 1 is 1.29 bits per heavy atom. The smallest absolute Gasteiger partial charge is 0.331 e. The minimum Gasteiger partial charge on any atom is -0.478 e. The van der Waals surface area contributed by atoms with Crippen LogP contribution in [0.5, 0.6) is 0 Å². The molecule has 7 atom stereocenters. The first kappa shape index (κ1) is 22.9. The summed E-state index contributed by atoms with van der Waals surface area (Å²) in [5.74, 6) is -1.67. The van der Waals surface area contributed by atoms with Crippen molar-refractivity contribution in [3.63, 3.8) is 0 Å². The first-order chi connectivity index (χ1) is 13.0. The second-order valence-corrected chi connectivity index (χ2v) is 8.31. The van der Waals surface area contributed by atoms with Gasteiger partial charge in [0.15, 0.2) is 12.1 Å². The molecule has 1 aliphatic heterocycles. The van der Waals surface area contributed by atoms with Gasteiger partial charge in [-0.05, 0) is 37.2 Å². The van der Waals surface area contributed by atoms with E-state index in [-0.39, 0.29) is 23.7 Å². The third-order valence-corrected chi connectivity index (χ3v) is 5.59. The van der Waals surface area contributed by atoms with Crippen LogP contribution < -0.4 is 0 Å². The van der Waals surface area contributed by atoms with Crippen molar-refractivity contribution in [3.05, 3.63) is 11.6 Å². The van der Waals surface area contributed by atoms with Gasteiger partial charge in [-0.1, -0.05) is 13.8 Å². The van der Waals surface area contributed by atoms with Gasteiger partial charge in [-0.25, -0.2) is 4.79 Å². The molecule has 1 fully saturated rings. The topological polar surface area (TPSA) is 154 Å². The molecule has 2 aliphatic rings. The van der Waals surface area contributed by atoms with Crippen LogP contribution in [0.4, 0.5) is 0 Å². The Kier molecular flexibility index (Phi) is 7.35. The highest BCUT2D eigenvalue weighted by Gasteiger charge is 2.45. The Labute approximate surface area is 163 Å². The summed E-state index contributed by atoms with van der Waals surface area (Å²) in [6.07, 6.45) is -4.91. The highest BCUT2D eigenvalue weighted by Crippen LogP contribution is 2.43. The number of ether oxygens (including phenoxy) is 2. The lowest BCUT2D eigenvalue weighted by Crippen LogP contribution is -2.59. The number of hydrogen-bond acceptors (Lipinski definition) is 8. The summed E-state index contributed by atoms with van der Waals surface area (Å²) in [5.41, 5.74) is -0.427. The van der Waals surface area contributed by atoms with Crippen molar-refractivity contribution in [1.82, 2.24) is 0 Å². The zero-order valence-corrected chi connectivity index (χ0v) is 16.3. The molecular weight excluding hydrogens is 372 g/mol. The van der Waals surface area contributed by atoms with Gasteiger partial charge in [0.25, 0.3) is 0 Å². The molecule has 160 valence electrons. The number of aliphatic hydroxyl groups is 4. The van der Waals surface area contributed by atoms with E-state index in [1.54, 1.807) is 6.92 Å². The van der Waals surface area contributed by atoms with E-state index in [0.717, 1.165) is 0 Å². The standard InChI is InChI=1S/C19H30O9/c1-9(27-18-16(24)15(23)14(22)13(8-20)28-18)4-5-12-11(17(25)26)6-10(21)7-19(12,2)3/h6,9,12-16,18,20,22-24H,4-5,7-8H2,1-3H3,(H,25,26). The molecule has 1 heterocycles. The van der Waals surface area contributed by atoms with Gasteiger partial charge in [0.2, 0.25) is 0 Å². The summed E-state index contributed by atoms with van der Waals surface area (Å²) in [4.78, 5) is 23.4. The number of aliphatic hydroxyl groups excluding tert-OH is 4. The molecule has 0 bridgehead atoms. The van der Waals surface area contributed by atoms with E-state index >= 15 is 0 Å². The van der Waals surface area contributed by atoms with E-state index in [0.29, 0.717) is 12.8 Å². The van der Waals surface area contributed by atoms with Crippen LogP contribution in [0.3, 0.4) is 0 Å². The van der Waals surface area contributed by atoms with Crippen molar-refractivity contribution in [2.24, 2.45) is 11.3 Å². The Morgan fingerprint density at radius 3 is 2.50 bits per heavy atom. The summed E-state index contributed by atoms with van der Waals surface area (Å²) >= 11 is 0. The SMILES string of the molecule is CC(CCC1C(C(=O)O)=CC(=O)CC1(C)C)OC1OC(CO)C(O)C(O)C1O. The highest BCUT2D eigenvalue weighted by atomic mass is 16.7. The van der Waals surface area contributed by atoms with Crippen molar-refractivity contribution >= 4 is 11.8 Å². The minimum atomic E-state index is -1.52. The molecule has 0 amide bonds. The van der Waals surface area contributed by atoms with Crippen molar-refractivity contribution in [2.45, 2.75) is 76.8 Å². The Morgan fingerprint density at radius 2 is 1.93 bits per heavy atom. The van der Waals surface area contributed by atoms with Gasteiger partial charge in [0, 0.05) is 12.0 Å². The van der Waals surface area contributed by atoms with E-state index < -0.39 is 54.8 Å². The van der Waals surface area contributed by atoms with E-state index in [1.807, 2.05) is 13.8 Å². The summed E-state index contributed by atoms with van der Waals surface area (Å²) < 4.78 is 11.0. The number of aliphatic carboxylic acids is 1. The summed E-state index contributed by atoms with van der Waals surface area (Å²) in [7, 11) is 0. The number of carboxylic acids is 1. The van der Waals surface area contributed by atoms with Gasteiger partial charge in [-0.3, -0.25) is 4.79 Å². The summed E-state index contributed by atoms with van der Waals surface area (Å²) in [6, 6.07) is 0. The molecule has 9 nitrogen and oxygen atoms in total. The van der Waals surface area contributed by atoms with Crippen LogP contribution in [0.1, 0.15) is 40.0 Å². The number of carboxylic acid groups (broad SMARTS) is 1. The van der Waals surface area contributed by atoms with Gasteiger partial charge in [-0.2, -0.15) is 0 Å². The molecule has 1 aliphatic carbocycles. The molecule has 9 heteroatoms. The normalized spacial score (nSPS) is 36.7. The second-order valence-electron chi connectivity index (χ2n) is 8.31. The summed E-state index contributed by atoms with van der Waals surface area (Å²) in [6.45, 7) is 4.88. The Hall–Kier alpha value is -1.36.